The van der Waals surface area contributed by atoms with Crippen LogP contribution in [-0.4, -0.2) is 4.57 Å². The highest BCUT2D eigenvalue weighted by Crippen LogP contribution is 2.61. The first-order valence-corrected chi connectivity index (χ1v) is 20.7. The highest BCUT2D eigenvalue weighted by Gasteiger charge is 2.49. The molecule has 0 bridgehead atoms. The molecule has 0 saturated heterocycles. The molecular weight excluding hydrogens is 729 g/mol. The third-order valence-corrected chi connectivity index (χ3v) is 13.0. The van der Waals surface area contributed by atoms with E-state index in [1.54, 1.807) is 0 Å². The lowest BCUT2D eigenvalue weighted by Crippen LogP contribution is -2.36. The van der Waals surface area contributed by atoms with Crippen LogP contribution in [0.3, 0.4) is 0 Å². The Morgan fingerprint density at radius 2 is 0.983 bits per heavy atom. The predicted octanol–water partition coefficient (Wildman–Crippen LogP) is 15.0. The molecule has 0 amide bonds. The molecule has 1 aromatic heterocycles. The van der Waals surface area contributed by atoms with Crippen molar-refractivity contribution in [1.29, 1.82) is 0 Å². The second-order valence-electron chi connectivity index (χ2n) is 16.0. The summed E-state index contributed by atoms with van der Waals surface area (Å²) in [5, 5.41) is 7.35. The summed E-state index contributed by atoms with van der Waals surface area (Å²) in [7, 11) is 0. The maximum absolute atomic E-state index is 7.09. The van der Waals surface area contributed by atoms with Crippen molar-refractivity contribution in [2.75, 3.05) is 4.90 Å². The van der Waals surface area contributed by atoms with Gasteiger partial charge in [-0.25, -0.2) is 0 Å². The average Bonchev–Trinajstić information content (AvgIpc) is 3.64. The Balaban J connectivity index is 1.07. The molecule has 0 fully saturated rings. The molecule has 60 heavy (non-hydrogen) atoms. The summed E-state index contributed by atoms with van der Waals surface area (Å²) in [6.07, 6.45) is 0. The maximum Gasteiger partial charge on any atom is 0.134 e. The molecule has 3 nitrogen and oxygen atoms in total. The second-order valence-corrected chi connectivity index (χ2v) is 16.0. The molecule has 0 N–H and O–H groups in total. The van der Waals surface area contributed by atoms with Crippen LogP contribution in [0.15, 0.2) is 218 Å². The lowest BCUT2D eigenvalue weighted by atomic mass is 9.58. The topological polar surface area (TPSA) is 17.4 Å². The third kappa shape index (κ3) is 4.54. The molecule has 2 aliphatic rings. The van der Waals surface area contributed by atoms with Crippen LogP contribution in [-0.2, 0) is 5.41 Å². The van der Waals surface area contributed by atoms with E-state index in [-0.39, 0.29) is 0 Å². The molecule has 1 aliphatic carbocycles. The summed E-state index contributed by atoms with van der Waals surface area (Å²) in [6.45, 7) is 0. The van der Waals surface area contributed by atoms with Crippen molar-refractivity contribution in [2.24, 2.45) is 0 Å². The molecule has 1 spiro atoms. The number of nitrogens with zero attached hydrogens (tertiary/aromatic N) is 2. The largest absolute Gasteiger partial charge is 0.457 e. The number of para-hydroxylation sites is 3. The van der Waals surface area contributed by atoms with Crippen molar-refractivity contribution in [3.63, 3.8) is 0 Å². The molecular formula is C57H36N2O. The molecule has 280 valence electrons. The van der Waals surface area contributed by atoms with E-state index in [4.69, 9.17) is 4.74 Å². The summed E-state index contributed by atoms with van der Waals surface area (Å²) < 4.78 is 9.46. The van der Waals surface area contributed by atoms with Crippen molar-refractivity contribution < 1.29 is 4.74 Å². The van der Waals surface area contributed by atoms with Crippen LogP contribution in [0, 0.1) is 0 Å². The Kier molecular flexibility index (Phi) is 6.93. The number of hydrogen-bond acceptors (Lipinski definition) is 2. The monoisotopic (exact) mass is 764 g/mol. The molecule has 11 aromatic rings. The number of aromatic nitrogens is 1. The number of benzene rings is 10. The van der Waals surface area contributed by atoms with E-state index in [1.165, 1.54) is 65.6 Å². The van der Waals surface area contributed by atoms with E-state index in [1.807, 2.05) is 0 Å². The highest BCUT2D eigenvalue weighted by molar-refractivity contribution is 6.11. The first kappa shape index (κ1) is 33.1. The first-order chi connectivity index (χ1) is 29.8. The zero-order chi connectivity index (χ0) is 39.4. The van der Waals surface area contributed by atoms with Crippen molar-refractivity contribution in [3.05, 3.63) is 241 Å². The molecule has 2 heterocycles. The fraction of sp³-hybridized carbons (Fsp3) is 0.0175. The molecule has 1 aliphatic heterocycles. The highest BCUT2D eigenvalue weighted by atomic mass is 16.5. The molecule has 0 radical (unpaired) electrons. The quantitative estimate of drug-likeness (QED) is 0.178. The van der Waals surface area contributed by atoms with Crippen molar-refractivity contribution >= 4 is 60.4 Å². The van der Waals surface area contributed by atoms with E-state index in [0.29, 0.717) is 0 Å². The minimum Gasteiger partial charge on any atom is -0.457 e. The Labute approximate surface area is 347 Å². The summed E-state index contributed by atoms with van der Waals surface area (Å²) in [5.41, 5.74) is 13.5. The van der Waals surface area contributed by atoms with Gasteiger partial charge >= 0.3 is 0 Å². The Bertz CT molecular complexity index is 3540. The summed E-state index contributed by atoms with van der Waals surface area (Å²) in [6, 6.07) is 79.7. The molecule has 10 aromatic carbocycles. The third-order valence-electron chi connectivity index (χ3n) is 13.0. The van der Waals surface area contributed by atoms with Gasteiger partial charge in [-0.05, 0) is 104 Å². The zero-order valence-corrected chi connectivity index (χ0v) is 32.6. The second kappa shape index (κ2) is 12.6. The van der Waals surface area contributed by atoms with Crippen LogP contribution in [0.4, 0.5) is 17.1 Å². The van der Waals surface area contributed by atoms with Crippen molar-refractivity contribution in [1.82, 2.24) is 4.57 Å². The van der Waals surface area contributed by atoms with Crippen LogP contribution in [0.5, 0.6) is 11.5 Å². The Morgan fingerprint density at radius 1 is 0.367 bits per heavy atom. The van der Waals surface area contributed by atoms with Gasteiger partial charge < -0.3 is 14.2 Å². The lowest BCUT2D eigenvalue weighted by molar-refractivity contribution is 0.435. The summed E-state index contributed by atoms with van der Waals surface area (Å²) in [5.74, 6) is 1.73. The fourth-order valence-corrected chi connectivity index (χ4v) is 10.5. The molecule has 0 saturated carbocycles. The van der Waals surface area contributed by atoms with Gasteiger partial charge in [0.15, 0.2) is 0 Å². The Hall–Kier alpha value is -7.88. The van der Waals surface area contributed by atoms with Gasteiger partial charge in [0.25, 0.3) is 0 Å². The van der Waals surface area contributed by atoms with E-state index in [2.05, 4.69) is 228 Å². The number of ether oxygens (including phenoxy) is 1. The van der Waals surface area contributed by atoms with Crippen LogP contribution in [0.2, 0.25) is 0 Å². The van der Waals surface area contributed by atoms with Crippen molar-refractivity contribution in [3.8, 4) is 28.3 Å². The fourth-order valence-electron chi connectivity index (χ4n) is 10.5. The lowest BCUT2D eigenvalue weighted by Gasteiger charge is -2.45. The van der Waals surface area contributed by atoms with Crippen LogP contribution < -0.4 is 9.64 Å². The van der Waals surface area contributed by atoms with Gasteiger partial charge in [-0.3, -0.25) is 0 Å². The minimum absolute atomic E-state index is 0.598. The van der Waals surface area contributed by atoms with E-state index in [9.17, 15) is 0 Å². The van der Waals surface area contributed by atoms with Crippen LogP contribution in [0.25, 0.3) is 60.2 Å². The van der Waals surface area contributed by atoms with Gasteiger partial charge in [-0.1, -0.05) is 152 Å². The summed E-state index contributed by atoms with van der Waals surface area (Å²) in [4.78, 5) is 2.39. The maximum atomic E-state index is 7.09. The Morgan fingerprint density at radius 3 is 1.90 bits per heavy atom. The SMILES string of the molecule is c1ccc(-n2c3ccccc3c3cc(N(c4ccc5c(c4)Oc4ccccc4C54c5ccccc5-c5cccc6cccc4c56)c4ccc5ccccc5c4)ccc32)cc1. The molecule has 1 atom stereocenters. The van der Waals surface area contributed by atoms with Gasteiger partial charge in [0.1, 0.15) is 11.5 Å². The number of hydrogen-bond donors (Lipinski definition) is 0. The van der Waals surface area contributed by atoms with Gasteiger partial charge in [0.2, 0.25) is 0 Å². The van der Waals surface area contributed by atoms with E-state index in [0.717, 1.165) is 45.4 Å². The standard InChI is InChI=1S/C57H36N2O/c1-2-18-40(19-3-1)59-52-26-10-7-21-45(52)47-35-42(31-33-53(47)59)58(41-29-28-37-14-4-5-15-39(37)34-41)43-30-32-50-55(36-43)60-54-27-11-9-24-49(54)57(50)48-23-8-6-20-44(48)46-22-12-16-38-17-13-25-51(57)56(38)46/h1-36H. The molecule has 3 heteroatoms. The summed E-state index contributed by atoms with van der Waals surface area (Å²) >= 11 is 0. The minimum atomic E-state index is -0.598. The normalized spacial score (nSPS) is 14.9. The van der Waals surface area contributed by atoms with E-state index < -0.39 is 5.41 Å². The first-order valence-electron chi connectivity index (χ1n) is 20.7. The number of rotatable bonds is 4. The predicted molar refractivity (Wildman–Crippen MR) is 248 cm³/mol. The van der Waals surface area contributed by atoms with Crippen LogP contribution in [0.1, 0.15) is 22.3 Å². The van der Waals surface area contributed by atoms with Gasteiger partial charge in [-0.15, -0.1) is 0 Å². The number of fused-ring (bicyclic) bond motifs is 12. The van der Waals surface area contributed by atoms with Gasteiger partial charge in [0.05, 0.1) is 16.4 Å². The van der Waals surface area contributed by atoms with Gasteiger partial charge in [-0.2, -0.15) is 0 Å². The number of anilines is 3. The average molecular weight is 765 g/mol. The molecule has 1 unspecified atom stereocenters. The van der Waals surface area contributed by atoms with Crippen LogP contribution >= 0.6 is 0 Å². The smallest absolute Gasteiger partial charge is 0.134 e. The molecule has 13 rings (SSSR count). The zero-order valence-electron chi connectivity index (χ0n) is 32.6. The van der Waals surface area contributed by atoms with Gasteiger partial charge in [0, 0.05) is 50.7 Å². The van der Waals surface area contributed by atoms with Crippen molar-refractivity contribution in [2.45, 2.75) is 5.41 Å². The van der Waals surface area contributed by atoms with E-state index >= 15 is 0 Å².